The van der Waals surface area contributed by atoms with Crippen LogP contribution < -0.4 is 5.32 Å². The molecule has 9 nitrogen and oxygen atoms in total. The minimum absolute atomic E-state index is 0.0538. The molecule has 0 aliphatic heterocycles. The number of rotatable bonds is 13. The number of nitrogens with one attached hydrogen (secondary N) is 2. The molecule has 3 N–H and O–H groups in total. The maximum atomic E-state index is 14.0. The molecule has 0 spiro atoms. The van der Waals surface area contributed by atoms with Crippen molar-refractivity contribution in [2.24, 2.45) is 0 Å². The highest BCUT2D eigenvalue weighted by Gasteiger charge is 2.38. The van der Waals surface area contributed by atoms with Gasteiger partial charge in [-0.15, -0.1) is 11.3 Å². The standard InChI is InChI=1S/C28H34N3O6PS/c1-5-35-28(33)25-18(4)31-27(39-25)19-12-13-24(32)22(16-19)26(38(34,36-6-2)37-7-3)29-15-14-20-17-30-23-11-9-8-10-21(20)23/h8-13,16-17,26,29-30,32H,5-7,14-15H2,1-4H3. The zero-order chi connectivity index (χ0) is 28.0. The van der Waals surface area contributed by atoms with Gasteiger partial charge in [-0.05, 0) is 63.9 Å². The summed E-state index contributed by atoms with van der Waals surface area (Å²) in [5, 5.41) is 16.0. The number of aromatic nitrogens is 2. The number of phenolic OH excluding ortho intramolecular Hbond substituents is 1. The Hall–Kier alpha value is -3.01. The minimum Gasteiger partial charge on any atom is -0.508 e. The lowest BCUT2D eigenvalue weighted by Gasteiger charge is -2.28. The zero-order valence-corrected chi connectivity index (χ0v) is 24.2. The van der Waals surface area contributed by atoms with Crippen LogP contribution in [0.5, 0.6) is 5.75 Å². The average molecular weight is 572 g/mol. The maximum absolute atomic E-state index is 14.0. The molecule has 1 atom stereocenters. The van der Waals surface area contributed by atoms with E-state index in [1.54, 1.807) is 39.8 Å². The van der Waals surface area contributed by atoms with Gasteiger partial charge in [-0.3, -0.25) is 9.88 Å². The molecule has 0 fully saturated rings. The number of para-hydroxylation sites is 1. The van der Waals surface area contributed by atoms with Gasteiger partial charge in [0.2, 0.25) is 0 Å². The molecule has 11 heteroatoms. The number of hydrogen-bond donors (Lipinski definition) is 3. The number of aromatic hydroxyl groups is 1. The quantitative estimate of drug-likeness (QED) is 0.122. The van der Waals surface area contributed by atoms with Crippen LogP contribution in [0.1, 0.15) is 53.0 Å². The van der Waals surface area contributed by atoms with E-state index in [-0.39, 0.29) is 25.6 Å². The summed E-state index contributed by atoms with van der Waals surface area (Å²) < 4.78 is 30.6. The van der Waals surface area contributed by atoms with Crippen LogP contribution >= 0.6 is 18.9 Å². The number of nitrogens with zero attached hydrogens (tertiary/aromatic N) is 1. The van der Waals surface area contributed by atoms with Gasteiger partial charge in [0.15, 0.2) is 0 Å². The highest BCUT2D eigenvalue weighted by molar-refractivity contribution is 7.54. The second-order valence-corrected chi connectivity index (χ2v) is 11.9. The maximum Gasteiger partial charge on any atom is 0.352 e. The van der Waals surface area contributed by atoms with Gasteiger partial charge < -0.3 is 23.9 Å². The van der Waals surface area contributed by atoms with Crippen LogP contribution in [-0.2, 0) is 24.8 Å². The summed E-state index contributed by atoms with van der Waals surface area (Å²) >= 11 is 1.21. The lowest BCUT2D eigenvalue weighted by atomic mass is 10.1. The Morgan fingerprint density at radius 3 is 2.59 bits per heavy atom. The Balaban J connectivity index is 1.68. The van der Waals surface area contributed by atoms with Crippen molar-refractivity contribution >= 4 is 35.8 Å². The van der Waals surface area contributed by atoms with E-state index in [0.29, 0.717) is 39.7 Å². The van der Waals surface area contributed by atoms with E-state index >= 15 is 0 Å². The lowest BCUT2D eigenvalue weighted by Crippen LogP contribution is -2.26. The fraction of sp³-hybridized carbons (Fsp3) is 0.357. The Bertz CT molecular complexity index is 1470. The molecule has 0 aliphatic rings. The number of hydrogen-bond acceptors (Lipinski definition) is 9. The summed E-state index contributed by atoms with van der Waals surface area (Å²) in [7, 11) is -3.74. The Labute approximate surface area is 232 Å². The number of aryl methyl sites for hydroxylation is 1. The summed E-state index contributed by atoms with van der Waals surface area (Å²) in [5.41, 5.74) is 3.74. The largest absolute Gasteiger partial charge is 0.508 e. The van der Waals surface area contributed by atoms with Gasteiger partial charge >= 0.3 is 13.6 Å². The van der Waals surface area contributed by atoms with Crippen LogP contribution in [0.2, 0.25) is 0 Å². The molecule has 0 bridgehead atoms. The van der Waals surface area contributed by atoms with Crippen molar-refractivity contribution in [2.75, 3.05) is 26.4 Å². The van der Waals surface area contributed by atoms with Crippen molar-refractivity contribution in [1.29, 1.82) is 0 Å². The molecule has 39 heavy (non-hydrogen) atoms. The number of phenols is 1. The first-order valence-corrected chi connectivity index (χ1v) is 15.4. The van der Waals surface area contributed by atoms with E-state index in [4.69, 9.17) is 13.8 Å². The number of fused-ring (bicyclic) bond motifs is 1. The molecule has 208 valence electrons. The molecule has 0 amide bonds. The molecule has 0 aliphatic carbocycles. The van der Waals surface area contributed by atoms with Gasteiger partial charge in [-0.1, -0.05) is 18.2 Å². The molecular weight excluding hydrogens is 537 g/mol. The smallest absolute Gasteiger partial charge is 0.352 e. The van der Waals surface area contributed by atoms with E-state index < -0.39 is 19.3 Å². The average Bonchev–Trinajstić information content (AvgIpc) is 3.51. The summed E-state index contributed by atoms with van der Waals surface area (Å²) in [6, 6.07) is 13.0. The van der Waals surface area contributed by atoms with E-state index in [1.807, 2.05) is 24.4 Å². The molecule has 1 unspecified atom stereocenters. The van der Waals surface area contributed by atoms with Crippen LogP contribution in [0, 0.1) is 6.92 Å². The molecule has 0 radical (unpaired) electrons. The molecule has 2 aromatic heterocycles. The predicted molar refractivity (Wildman–Crippen MR) is 154 cm³/mol. The monoisotopic (exact) mass is 571 g/mol. The first-order valence-electron chi connectivity index (χ1n) is 13.0. The fourth-order valence-corrected chi connectivity index (χ4v) is 7.38. The first-order chi connectivity index (χ1) is 18.8. The third-order valence-electron chi connectivity index (χ3n) is 6.17. The van der Waals surface area contributed by atoms with Gasteiger partial charge in [-0.25, -0.2) is 9.78 Å². The fourth-order valence-electron chi connectivity index (χ4n) is 4.43. The van der Waals surface area contributed by atoms with E-state index in [9.17, 15) is 14.5 Å². The highest BCUT2D eigenvalue weighted by Crippen LogP contribution is 2.61. The molecule has 2 aromatic carbocycles. The van der Waals surface area contributed by atoms with Crippen molar-refractivity contribution < 1.29 is 28.3 Å². The SMILES string of the molecule is CCOC(=O)c1sc(-c2ccc(O)c(C(NCCc3c[nH]c4ccccc34)P(=O)(OCC)OCC)c2)nc1C. The van der Waals surface area contributed by atoms with Crippen molar-refractivity contribution in [2.45, 2.75) is 39.9 Å². The lowest BCUT2D eigenvalue weighted by molar-refractivity contribution is 0.0531. The molecule has 4 rings (SSSR count). The number of H-pyrrole nitrogens is 1. The number of thiazole rings is 1. The Morgan fingerprint density at radius 1 is 1.13 bits per heavy atom. The number of aromatic amines is 1. The first kappa shape index (κ1) is 29.0. The molecule has 0 saturated heterocycles. The van der Waals surface area contributed by atoms with Crippen LogP contribution in [0.4, 0.5) is 0 Å². The summed E-state index contributed by atoms with van der Waals surface area (Å²) in [6.45, 7) is 8.07. The van der Waals surface area contributed by atoms with E-state index in [2.05, 4.69) is 21.4 Å². The number of esters is 1. The Morgan fingerprint density at radius 2 is 1.87 bits per heavy atom. The summed E-state index contributed by atoms with van der Waals surface area (Å²) in [6.07, 6.45) is 2.61. The topological polar surface area (TPSA) is 123 Å². The molecule has 2 heterocycles. The number of benzene rings is 2. The minimum atomic E-state index is -3.74. The molecule has 0 saturated carbocycles. The zero-order valence-electron chi connectivity index (χ0n) is 22.5. The van der Waals surface area contributed by atoms with Crippen LogP contribution in [0.3, 0.4) is 0 Å². The van der Waals surface area contributed by atoms with Gasteiger partial charge in [0.25, 0.3) is 0 Å². The van der Waals surface area contributed by atoms with E-state index in [0.717, 1.165) is 16.5 Å². The van der Waals surface area contributed by atoms with Gasteiger partial charge in [0, 0.05) is 34.8 Å². The van der Waals surface area contributed by atoms with Crippen molar-refractivity contribution in [1.82, 2.24) is 15.3 Å². The molecular formula is C28H34N3O6PS. The predicted octanol–water partition coefficient (Wildman–Crippen LogP) is 6.58. The second-order valence-electron chi connectivity index (χ2n) is 8.77. The van der Waals surface area contributed by atoms with Crippen LogP contribution in [0.25, 0.3) is 21.5 Å². The van der Waals surface area contributed by atoms with Crippen LogP contribution in [-0.4, -0.2) is 47.4 Å². The Kier molecular flexibility index (Phi) is 9.58. The highest BCUT2D eigenvalue weighted by atomic mass is 32.1. The van der Waals surface area contributed by atoms with Crippen molar-refractivity contribution in [3.8, 4) is 16.3 Å². The van der Waals surface area contributed by atoms with Gasteiger partial charge in [-0.2, -0.15) is 0 Å². The summed E-state index contributed by atoms with van der Waals surface area (Å²) in [4.78, 5) is 20.6. The number of carbonyl (C=O) groups excluding carboxylic acids is 1. The summed E-state index contributed by atoms with van der Waals surface area (Å²) in [5.74, 6) is -1.42. The second kappa shape index (κ2) is 12.9. The molecule has 4 aromatic rings. The van der Waals surface area contributed by atoms with Crippen molar-refractivity contribution in [3.05, 3.63) is 70.4 Å². The van der Waals surface area contributed by atoms with Gasteiger partial charge in [0.05, 0.1) is 25.5 Å². The number of carbonyl (C=O) groups is 1. The van der Waals surface area contributed by atoms with Gasteiger partial charge in [0.1, 0.15) is 21.4 Å². The third-order valence-corrected chi connectivity index (χ3v) is 9.68. The van der Waals surface area contributed by atoms with E-state index in [1.165, 1.54) is 17.4 Å². The van der Waals surface area contributed by atoms with Crippen LogP contribution in [0.15, 0.2) is 48.7 Å². The third kappa shape index (κ3) is 6.42. The number of ether oxygens (including phenoxy) is 1. The van der Waals surface area contributed by atoms with Crippen molar-refractivity contribution in [3.63, 3.8) is 0 Å². The normalized spacial score (nSPS) is 12.6.